The van der Waals surface area contributed by atoms with Gasteiger partial charge in [-0.15, -0.1) is 5.10 Å². The summed E-state index contributed by atoms with van der Waals surface area (Å²) in [4.78, 5) is 46.5. The lowest BCUT2D eigenvalue weighted by molar-refractivity contribution is -0.120. The molecule has 0 fully saturated rings. The zero-order valence-electron chi connectivity index (χ0n) is 21.0. The zero-order valence-corrected chi connectivity index (χ0v) is 21.0. The van der Waals surface area contributed by atoms with Crippen LogP contribution in [-0.4, -0.2) is 57.1 Å². The predicted molar refractivity (Wildman–Crippen MR) is 133 cm³/mol. The molecule has 0 aliphatic heterocycles. The van der Waals surface area contributed by atoms with Crippen LogP contribution in [0.1, 0.15) is 31.5 Å². The van der Waals surface area contributed by atoms with Crippen LogP contribution >= 0.6 is 0 Å². The number of nitrogens with one attached hydrogen (secondary N) is 1. The van der Waals surface area contributed by atoms with Crippen molar-refractivity contribution < 1.29 is 14.3 Å². The van der Waals surface area contributed by atoms with Gasteiger partial charge in [0.2, 0.25) is 5.88 Å². The monoisotopic (exact) mass is 487 g/mol. The van der Waals surface area contributed by atoms with E-state index in [1.807, 2.05) is 33.8 Å². The van der Waals surface area contributed by atoms with E-state index in [0.717, 1.165) is 11.3 Å². The Morgan fingerprint density at radius 3 is 2.66 bits per heavy atom. The number of H-pyrrole nitrogens is 1. The molecule has 0 aromatic carbocycles. The summed E-state index contributed by atoms with van der Waals surface area (Å²) in [5.41, 5.74) is 7.20. The van der Waals surface area contributed by atoms with Gasteiger partial charge in [-0.2, -0.15) is 0 Å². The Morgan fingerprint density at radius 1 is 1.29 bits per heavy atom. The fourth-order valence-electron chi connectivity index (χ4n) is 3.97. The number of nitrogen functional groups attached to an aromatic ring is 1. The van der Waals surface area contributed by atoms with Crippen LogP contribution in [0.4, 0.5) is 11.5 Å². The topological polar surface area (TPSA) is 150 Å². The predicted octanol–water partition coefficient (Wildman–Crippen LogP) is 1.12. The summed E-state index contributed by atoms with van der Waals surface area (Å²) < 4.78 is 13.8. The highest BCUT2D eigenvalue weighted by Crippen LogP contribution is 2.27. The molecule has 0 bridgehead atoms. The maximum absolute atomic E-state index is 13.3. The maximum Gasteiger partial charge on any atom is 0.330 e. The molecule has 35 heavy (non-hydrogen) atoms. The summed E-state index contributed by atoms with van der Waals surface area (Å²) in [6.07, 6.45) is 0.444. The second-order valence-corrected chi connectivity index (χ2v) is 8.89. The molecule has 3 rings (SSSR count). The van der Waals surface area contributed by atoms with Gasteiger partial charge in [0.15, 0.2) is 17.9 Å². The van der Waals surface area contributed by atoms with E-state index in [2.05, 4.69) is 15.1 Å². The fourth-order valence-corrected chi connectivity index (χ4v) is 3.97. The minimum absolute atomic E-state index is 0.0722. The molecule has 0 atom stereocenters. The summed E-state index contributed by atoms with van der Waals surface area (Å²) in [7, 11) is 3.29. The number of carbonyl (C=O) groups is 1. The first-order valence-electron chi connectivity index (χ1n) is 11.4. The van der Waals surface area contributed by atoms with Crippen molar-refractivity contribution in [3.05, 3.63) is 38.2 Å². The van der Waals surface area contributed by atoms with E-state index in [1.165, 1.54) is 9.47 Å². The molecule has 1 amide bonds. The molecule has 190 valence electrons. The molecule has 3 aromatic rings. The number of nitrogens with two attached hydrogens (primary N) is 1. The standard InChI is InChI=1S/C23H33N7O5/c1-13(2)11-30-19(24)18(21(32)26-23(30)33)29(8-7-9-34-6)16(31)12-35-22-17-14(3)10-15(4)25-20(17)28(5)27-22/h10,13H,7-9,11-12,24H2,1-6H3,(H,26,32,33). The summed E-state index contributed by atoms with van der Waals surface area (Å²) in [6, 6.07) is 1.91. The average Bonchev–Trinajstić information content (AvgIpc) is 3.09. The Balaban J connectivity index is 1.96. The second-order valence-electron chi connectivity index (χ2n) is 8.89. The average molecular weight is 488 g/mol. The number of fused-ring (bicyclic) bond motifs is 1. The molecular weight excluding hydrogens is 454 g/mol. The number of hydrogen-bond donors (Lipinski definition) is 2. The van der Waals surface area contributed by atoms with Gasteiger partial charge in [0.25, 0.3) is 11.5 Å². The number of carbonyl (C=O) groups excluding carboxylic acids is 1. The highest BCUT2D eigenvalue weighted by molar-refractivity contribution is 5.96. The van der Waals surface area contributed by atoms with Crippen molar-refractivity contribution in [1.29, 1.82) is 0 Å². The summed E-state index contributed by atoms with van der Waals surface area (Å²) in [5, 5.41) is 5.08. The van der Waals surface area contributed by atoms with Crippen molar-refractivity contribution in [2.75, 3.05) is 37.5 Å². The van der Waals surface area contributed by atoms with E-state index >= 15 is 0 Å². The first-order chi connectivity index (χ1) is 16.5. The van der Waals surface area contributed by atoms with Crippen LogP contribution in [0.2, 0.25) is 0 Å². The highest BCUT2D eigenvalue weighted by Gasteiger charge is 2.25. The van der Waals surface area contributed by atoms with Gasteiger partial charge in [-0.25, -0.2) is 14.5 Å². The normalized spacial score (nSPS) is 11.4. The molecule has 0 radical (unpaired) electrons. The Bertz CT molecular complexity index is 1340. The van der Waals surface area contributed by atoms with Crippen LogP contribution in [0.5, 0.6) is 5.88 Å². The third kappa shape index (κ3) is 5.53. The number of pyridine rings is 1. The number of hydrogen-bond acceptors (Lipinski definition) is 8. The molecule has 0 saturated carbocycles. The van der Waals surface area contributed by atoms with Gasteiger partial charge >= 0.3 is 5.69 Å². The Kier molecular flexibility index (Phi) is 7.95. The lowest BCUT2D eigenvalue weighted by Gasteiger charge is -2.24. The van der Waals surface area contributed by atoms with Crippen LogP contribution in [0.25, 0.3) is 11.0 Å². The lowest BCUT2D eigenvalue weighted by Crippen LogP contribution is -2.43. The number of aromatic nitrogens is 5. The van der Waals surface area contributed by atoms with E-state index in [1.54, 1.807) is 18.8 Å². The van der Waals surface area contributed by atoms with Crippen molar-refractivity contribution in [3.63, 3.8) is 0 Å². The minimum atomic E-state index is -0.739. The van der Waals surface area contributed by atoms with Crippen molar-refractivity contribution in [2.45, 2.75) is 40.7 Å². The quantitative estimate of drug-likeness (QED) is 0.404. The van der Waals surface area contributed by atoms with Crippen LogP contribution in [-0.2, 0) is 23.1 Å². The fraction of sp³-hybridized carbons (Fsp3) is 0.522. The number of aromatic amines is 1. The van der Waals surface area contributed by atoms with Crippen LogP contribution in [0.3, 0.4) is 0 Å². The van der Waals surface area contributed by atoms with Crippen LogP contribution < -0.4 is 26.6 Å². The molecule has 0 aliphatic carbocycles. The van der Waals surface area contributed by atoms with Crippen LogP contribution in [0.15, 0.2) is 15.7 Å². The van der Waals surface area contributed by atoms with Crippen molar-refractivity contribution in [1.82, 2.24) is 24.3 Å². The molecule has 12 nitrogen and oxygen atoms in total. The van der Waals surface area contributed by atoms with E-state index in [-0.39, 0.29) is 36.4 Å². The number of rotatable bonds is 10. The van der Waals surface area contributed by atoms with Crippen molar-refractivity contribution in [3.8, 4) is 5.88 Å². The van der Waals surface area contributed by atoms with Gasteiger partial charge in [0, 0.05) is 39.5 Å². The van der Waals surface area contributed by atoms with Crippen LogP contribution in [0, 0.1) is 19.8 Å². The minimum Gasteiger partial charge on any atom is -0.466 e. The number of amides is 1. The van der Waals surface area contributed by atoms with Gasteiger partial charge in [-0.1, -0.05) is 13.8 Å². The Hall–Kier alpha value is -3.67. The molecule has 12 heteroatoms. The molecule has 0 spiro atoms. The first kappa shape index (κ1) is 25.9. The molecule has 3 aromatic heterocycles. The summed E-state index contributed by atoms with van der Waals surface area (Å²) >= 11 is 0. The number of anilines is 2. The highest BCUT2D eigenvalue weighted by atomic mass is 16.5. The molecule has 0 aliphatic rings. The molecule has 3 heterocycles. The Morgan fingerprint density at radius 2 is 2.00 bits per heavy atom. The van der Waals surface area contributed by atoms with Gasteiger partial charge < -0.3 is 20.1 Å². The van der Waals surface area contributed by atoms with E-state index in [9.17, 15) is 14.4 Å². The third-order valence-corrected chi connectivity index (χ3v) is 5.48. The first-order valence-corrected chi connectivity index (χ1v) is 11.4. The van der Waals surface area contributed by atoms with Gasteiger partial charge in [0.1, 0.15) is 5.82 Å². The largest absolute Gasteiger partial charge is 0.466 e. The van der Waals surface area contributed by atoms with E-state index in [4.69, 9.17) is 15.2 Å². The van der Waals surface area contributed by atoms with Crippen molar-refractivity contribution in [2.24, 2.45) is 13.0 Å². The molecular formula is C23H33N7O5. The molecule has 3 N–H and O–H groups in total. The molecule has 0 unspecified atom stereocenters. The third-order valence-electron chi connectivity index (χ3n) is 5.48. The number of ether oxygens (including phenoxy) is 2. The Labute approximate surface area is 202 Å². The maximum atomic E-state index is 13.3. The van der Waals surface area contributed by atoms with Gasteiger partial charge in [-0.05, 0) is 37.8 Å². The van der Waals surface area contributed by atoms with Gasteiger partial charge in [-0.3, -0.25) is 19.1 Å². The van der Waals surface area contributed by atoms with E-state index < -0.39 is 23.8 Å². The number of aryl methyl sites for hydroxylation is 3. The summed E-state index contributed by atoms with van der Waals surface area (Å²) in [6.45, 7) is 8.05. The lowest BCUT2D eigenvalue weighted by atomic mass is 10.2. The van der Waals surface area contributed by atoms with Gasteiger partial charge in [0.05, 0.1) is 5.39 Å². The summed E-state index contributed by atoms with van der Waals surface area (Å²) in [5.74, 6) is -0.224. The number of methoxy groups -OCH3 is 1. The second kappa shape index (κ2) is 10.7. The van der Waals surface area contributed by atoms with Crippen molar-refractivity contribution >= 4 is 28.4 Å². The SMILES string of the molecule is COCCCN(C(=O)COc1nn(C)c2nc(C)cc(C)c12)c1c(N)n(CC(C)C)c(=O)[nH]c1=O. The zero-order chi connectivity index (χ0) is 25.9. The number of nitrogens with zero attached hydrogens (tertiary/aromatic N) is 5. The van der Waals surface area contributed by atoms with E-state index in [0.29, 0.717) is 24.1 Å². The molecule has 0 saturated heterocycles. The smallest absolute Gasteiger partial charge is 0.330 e.